The molecular formula is C24H20O4S. The molecule has 5 heteroatoms. The minimum atomic E-state index is -0.392. The second-order valence-electron chi connectivity index (χ2n) is 6.46. The predicted molar refractivity (Wildman–Crippen MR) is 115 cm³/mol. The Balaban J connectivity index is 1.63. The van der Waals surface area contributed by atoms with Gasteiger partial charge in [-0.15, -0.1) is 11.3 Å². The first-order valence-corrected chi connectivity index (χ1v) is 10.0. The van der Waals surface area contributed by atoms with Crippen LogP contribution in [0.1, 0.15) is 20.8 Å². The van der Waals surface area contributed by atoms with Gasteiger partial charge in [-0.1, -0.05) is 60.7 Å². The van der Waals surface area contributed by atoms with Crippen molar-refractivity contribution in [3.05, 3.63) is 94.9 Å². The van der Waals surface area contributed by atoms with E-state index in [1.165, 1.54) is 11.3 Å². The molecule has 0 aliphatic carbocycles. The van der Waals surface area contributed by atoms with Crippen molar-refractivity contribution in [3.8, 4) is 11.5 Å². The molecule has 3 aromatic carbocycles. The summed E-state index contributed by atoms with van der Waals surface area (Å²) in [5.41, 5.74) is 1.97. The topological polar surface area (TPSA) is 44.8 Å². The molecule has 0 atom stereocenters. The fourth-order valence-corrected chi connectivity index (χ4v) is 4.00. The van der Waals surface area contributed by atoms with Crippen LogP contribution in [0.4, 0.5) is 0 Å². The standard InChI is InChI=1S/C24H20O4S/c1-26-19-12-13-21-20(14-19)22(27-15-17-8-4-2-5-9-17)23(29-21)24(25)28-16-18-10-6-3-7-11-18/h2-14H,15-16H2,1H3. The van der Waals surface area contributed by atoms with Crippen LogP contribution in [0.15, 0.2) is 78.9 Å². The Kier molecular flexibility index (Phi) is 5.77. The molecule has 0 spiro atoms. The van der Waals surface area contributed by atoms with Gasteiger partial charge in [-0.3, -0.25) is 0 Å². The van der Waals surface area contributed by atoms with E-state index >= 15 is 0 Å². The third-order valence-electron chi connectivity index (χ3n) is 4.47. The molecule has 4 rings (SSSR count). The minimum Gasteiger partial charge on any atom is -0.497 e. The van der Waals surface area contributed by atoms with Gasteiger partial charge in [0.1, 0.15) is 19.0 Å². The van der Waals surface area contributed by atoms with Gasteiger partial charge in [-0.25, -0.2) is 4.79 Å². The molecule has 4 aromatic rings. The number of hydrogen-bond acceptors (Lipinski definition) is 5. The van der Waals surface area contributed by atoms with Crippen LogP contribution in [-0.2, 0) is 18.0 Å². The molecule has 0 amide bonds. The van der Waals surface area contributed by atoms with Gasteiger partial charge in [0, 0.05) is 10.1 Å². The van der Waals surface area contributed by atoms with Gasteiger partial charge in [0.25, 0.3) is 0 Å². The minimum absolute atomic E-state index is 0.218. The molecule has 0 saturated carbocycles. The maximum Gasteiger partial charge on any atom is 0.352 e. The van der Waals surface area contributed by atoms with Crippen LogP contribution in [0.3, 0.4) is 0 Å². The highest BCUT2D eigenvalue weighted by Gasteiger charge is 2.22. The van der Waals surface area contributed by atoms with Gasteiger partial charge >= 0.3 is 5.97 Å². The predicted octanol–water partition coefficient (Wildman–Crippen LogP) is 5.85. The zero-order valence-corrected chi connectivity index (χ0v) is 16.8. The summed E-state index contributed by atoms with van der Waals surface area (Å²) in [7, 11) is 1.62. The number of methoxy groups -OCH3 is 1. The van der Waals surface area contributed by atoms with Crippen molar-refractivity contribution in [2.75, 3.05) is 7.11 Å². The summed E-state index contributed by atoms with van der Waals surface area (Å²) in [4.78, 5) is 13.3. The third-order valence-corrected chi connectivity index (χ3v) is 5.61. The van der Waals surface area contributed by atoms with E-state index in [0.29, 0.717) is 23.0 Å². The summed E-state index contributed by atoms with van der Waals surface area (Å²) in [6, 6.07) is 25.2. The normalized spacial score (nSPS) is 10.7. The number of esters is 1. The number of benzene rings is 3. The molecule has 4 nitrogen and oxygen atoms in total. The van der Waals surface area contributed by atoms with Crippen LogP contribution in [0, 0.1) is 0 Å². The molecule has 0 N–H and O–H groups in total. The molecular weight excluding hydrogens is 384 g/mol. The Bertz CT molecular complexity index is 1100. The number of fused-ring (bicyclic) bond motifs is 1. The average Bonchev–Trinajstić information content (AvgIpc) is 3.15. The second-order valence-corrected chi connectivity index (χ2v) is 7.51. The summed E-state index contributed by atoms with van der Waals surface area (Å²) >= 11 is 1.37. The number of thiophene rings is 1. The van der Waals surface area contributed by atoms with E-state index < -0.39 is 5.97 Å². The van der Waals surface area contributed by atoms with Crippen molar-refractivity contribution in [2.45, 2.75) is 13.2 Å². The molecule has 1 aromatic heterocycles. The zero-order valence-electron chi connectivity index (χ0n) is 16.0. The molecule has 0 bridgehead atoms. The van der Waals surface area contributed by atoms with Crippen molar-refractivity contribution in [1.29, 1.82) is 0 Å². The molecule has 29 heavy (non-hydrogen) atoms. The Morgan fingerprint density at radius 3 is 2.17 bits per heavy atom. The van der Waals surface area contributed by atoms with E-state index in [0.717, 1.165) is 21.2 Å². The summed E-state index contributed by atoms with van der Waals surface area (Å²) in [5.74, 6) is 0.854. The lowest BCUT2D eigenvalue weighted by molar-refractivity contribution is 0.0474. The quantitative estimate of drug-likeness (QED) is 0.363. The molecule has 0 saturated heterocycles. The Morgan fingerprint density at radius 2 is 1.52 bits per heavy atom. The highest BCUT2D eigenvalue weighted by Crippen LogP contribution is 2.40. The Morgan fingerprint density at radius 1 is 0.862 bits per heavy atom. The van der Waals surface area contributed by atoms with Gasteiger partial charge in [0.05, 0.1) is 7.11 Å². The highest BCUT2D eigenvalue weighted by molar-refractivity contribution is 7.21. The van der Waals surface area contributed by atoms with E-state index in [1.807, 2.05) is 78.9 Å². The molecule has 0 aliphatic heterocycles. The summed E-state index contributed by atoms with van der Waals surface area (Å²) in [6.07, 6.45) is 0. The number of hydrogen-bond donors (Lipinski definition) is 0. The lowest BCUT2D eigenvalue weighted by Gasteiger charge is -2.09. The number of carbonyl (C=O) groups is 1. The van der Waals surface area contributed by atoms with Crippen molar-refractivity contribution in [1.82, 2.24) is 0 Å². The fourth-order valence-electron chi connectivity index (χ4n) is 2.98. The van der Waals surface area contributed by atoms with Crippen LogP contribution >= 0.6 is 11.3 Å². The fraction of sp³-hybridized carbons (Fsp3) is 0.125. The Labute approximate surface area is 173 Å². The summed E-state index contributed by atoms with van der Waals surface area (Å²) in [5, 5.41) is 0.844. The van der Waals surface area contributed by atoms with Crippen molar-refractivity contribution >= 4 is 27.4 Å². The van der Waals surface area contributed by atoms with Gasteiger partial charge in [-0.05, 0) is 29.3 Å². The van der Waals surface area contributed by atoms with Gasteiger partial charge < -0.3 is 14.2 Å². The molecule has 0 unspecified atom stereocenters. The lowest BCUT2D eigenvalue weighted by atomic mass is 10.2. The largest absolute Gasteiger partial charge is 0.497 e. The van der Waals surface area contributed by atoms with E-state index in [2.05, 4.69) is 0 Å². The van der Waals surface area contributed by atoms with Gasteiger partial charge in [0.15, 0.2) is 10.6 Å². The van der Waals surface area contributed by atoms with E-state index in [-0.39, 0.29) is 6.61 Å². The maximum absolute atomic E-state index is 12.9. The average molecular weight is 404 g/mol. The van der Waals surface area contributed by atoms with Gasteiger partial charge in [-0.2, -0.15) is 0 Å². The van der Waals surface area contributed by atoms with Crippen LogP contribution in [0.2, 0.25) is 0 Å². The van der Waals surface area contributed by atoms with Crippen LogP contribution in [-0.4, -0.2) is 13.1 Å². The first-order valence-electron chi connectivity index (χ1n) is 9.23. The molecule has 0 aliphatic rings. The first kappa shape index (κ1) is 19.0. The maximum atomic E-state index is 12.9. The SMILES string of the molecule is COc1ccc2sc(C(=O)OCc3ccccc3)c(OCc3ccccc3)c2c1. The molecule has 0 radical (unpaired) electrons. The van der Waals surface area contributed by atoms with Crippen LogP contribution in [0.25, 0.3) is 10.1 Å². The molecule has 146 valence electrons. The molecule has 1 heterocycles. The third kappa shape index (κ3) is 4.41. The number of rotatable bonds is 7. The summed E-state index contributed by atoms with van der Waals surface area (Å²) < 4.78 is 17.9. The Hall–Kier alpha value is -3.31. The molecule has 0 fully saturated rings. The lowest BCUT2D eigenvalue weighted by Crippen LogP contribution is -2.06. The van der Waals surface area contributed by atoms with Crippen molar-refractivity contribution in [2.24, 2.45) is 0 Å². The van der Waals surface area contributed by atoms with Gasteiger partial charge in [0.2, 0.25) is 0 Å². The highest BCUT2D eigenvalue weighted by atomic mass is 32.1. The second kappa shape index (κ2) is 8.80. The zero-order chi connectivity index (χ0) is 20.1. The summed E-state index contributed by atoms with van der Waals surface area (Å²) in [6.45, 7) is 0.582. The van der Waals surface area contributed by atoms with E-state index in [1.54, 1.807) is 7.11 Å². The monoisotopic (exact) mass is 404 g/mol. The van der Waals surface area contributed by atoms with Crippen LogP contribution < -0.4 is 9.47 Å². The van der Waals surface area contributed by atoms with Crippen molar-refractivity contribution < 1.29 is 19.0 Å². The van der Waals surface area contributed by atoms with Crippen LogP contribution in [0.5, 0.6) is 11.5 Å². The van der Waals surface area contributed by atoms with E-state index in [4.69, 9.17) is 14.2 Å². The number of carbonyl (C=O) groups excluding carboxylic acids is 1. The van der Waals surface area contributed by atoms with Crippen molar-refractivity contribution in [3.63, 3.8) is 0 Å². The number of ether oxygens (including phenoxy) is 3. The van der Waals surface area contributed by atoms with E-state index in [9.17, 15) is 4.79 Å². The smallest absolute Gasteiger partial charge is 0.352 e. The first-order chi connectivity index (χ1) is 14.2.